The Balaban J connectivity index is 1.70. The second kappa shape index (κ2) is 5.74. The summed E-state index contributed by atoms with van der Waals surface area (Å²) in [6.45, 7) is 4.45. The molecule has 2 fully saturated rings. The molecule has 0 bridgehead atoms. The number of aromatic nitrogens is 2. The van der Waals surface area contributed by atoms with E-state index in [9.17, 15) is 13.2 Å². The molecule has 3 heterocycles. The first-order chi connectivity index (χ1) is 10.9. The molecule has 0 saturated carbocycles. The molecule has 0 aliphatic carbocycles. The predicted octanol–water partition coefficient (Wildman–Crippen LogP) is 0.527. The zero-order chi connectivity index (χ0) is 16.7. The number of hydrogen-bond donors (Lipinski definition) is 0. The third-order valence-electron chi connectivity index (χ3n) is 4.78. The Morgan fingerprint density at radius 3 is 2.65 bits per heavy atom. The highest BCUT2D eigenvalue weighted by Crippen LogP contribution is 2.45. The minimum atomic E-state index is -3.21. The summed E-state index contributed by atoms with van der Waals surface area (Å²) in [6, 6.07) is 1.94. The largest absolute Gasteiger partial charge is 0.463 e. The first-order valence-electron chi connectivity index (χ1n) is 7.77. The number of nitrogens with zero attached hydrogens (tertiary/aromatic N) is 3. The van der Waals surface area contributed by atoms with Crippen LogP contribution >= 0.6 is 0 Å². The van der Waals surface area contributed by atoms with Gasteiger partial charge in [-0.2, -0.15) is 0 Å². The minimum absolute atomic E-state index is 0.00351. The fourth-order valence-corrected chi connectivity index (χ4v) is 5.76. The summed E-state index contributed by atoms with van der Waals surface area (Å²) in [6.07, 6.45) is 3.71. The van der Waals surface area contributed by atoms with Crippen LogP contribution < -0.4 is 4.74 Å². The Morgan fingerprint density at radius 2 is 2.04 bits per heavy atom. The van der Waals surface area contributed by atoms with Gasteiger partial charge in [-0.1, -0.05) is 13.8 Å². The maximum Gasteiger partial charge on any atom is 0.316 e. The van der Waals surface area contributed by atoms with Crippen LogP contribution in [0, 0.1) is 11.8 Å². The number of sulfone groups is 1. The van der Waals surface area contributed by atoms with E-state index in [-0.39, 0.29) is 49.2 Å². The van der Waals surface area contributed by atoms with Gasteiger partial charge in [0.15, 0.2) is 9.84 Å². The van der Waals surface area contributed by atoms with Crippen LogP contribution in [0.3, 0.4) is 0 Å². The molecule has 8 heteroatoms. The van der Waals surface area contributed by atoms with E-state index in [4.69, 9.17) is 4.74 Å². The van der Waals surface area contributed by atoms with E-state index in [1.165, 1.54) is 0 Å². The van der Waals surface area contributed by atoms with Crippen molar-refractivity contribution >= 4 is 15.7 Å². The van der Waals surface area contributed by atoms with Gasteiger partial charge in [-0.25, -0.2) is 18.4 Å². The predicted molar refractivity (Wildman–Crippen MR) is 83.6 cm³/mol. The van der Waals surface area contributed by atoms with Crippen molar-refractivity contribution in [1.82, 2.24) is 14.9 Å². The molecule has 1 amide bonds. The fourth-order valence-electron chi connectivity index (χ4n) is 3.36. The molecule has 0 radical (unpaired) electrons. The van der Waals surface area contributed by atoms with Crippen molar-refractivity contribution in [3.63, 3.8) is 0 Å². The molecular formula is C15H21N3O4S. The van der Waals surface area contributed by atoms with Crippen LogP contribution in [-0.2, 0) is 14.6 Å². The normalized spacial score (nSPS) is 24.7. The number of carbonyl (C=O) groups is 1. The molecule has 2 aliphatic rings. The van der Waals surface area contributed by atoms with Gasteiger partial charge in [0.05, 0.1) is 12.4 Å². The van der Waals surface area contributed by atoms with Gasteiger partial charge in [0, 0.05) is 37.3 Å². The molecule has 2 saturated heterocycles. The van der Waals surface area contributed by atoms with Crippen LogP contribution in [0.5, 0.6) is 6.01 Å². The highest BCUT2D eigenvalue weighted by atomic mass is 32.2. The van der Waals surface area contributed by atoms with Crippen molar-refractivity contribution in [3.8, 4) is 6.01 Å². The van der Waals surface area contributed by atoms with E-state index in [1.54, 1.807) is 23.4 Å². The fraction of sp³-hybridized carbons (Fsp3) is 0.667. The van der Waals surface area contributed by atoms with Crippen molar-refractivity contribution in [3.05, 3.63) is 18.5 Å². The van der Waals surface area contributed by atoms with Crippen molar-refractivity contribution < 1.29 is 17.9 Å². The molecule has 0 aromatic carbocycles. The number of hydrogen-bond acceptors (Lipinski definition) is 6. The summed E-state index contributed by atoms with van der Waals surface area (Å²) in [5.74, 6) is -0.0967. The highest BCUT2D eigenvalue weighted by molar-refractivity contribution is 7.93. The average molecular weight is 339 g/mol. The molecule has 126 valence electrons. The molecular weight excluding hydrogens is 318 g/mol. The third-order valence-corrected chi connectivity index (χ3v) is 7.38. The Kier molecular flexibility index (Phi) is 4.03. The van der Waals surface area contributed by atoms with Crippen LogP contribution in [-0.4, -0.2) is 59.4 Å². The monoisotopic (exact) mass is 339 g/mol. The van der Waals surface area contributed by atoms with Gasteiger partial charge < -0.3 is 9.64 Å². The lowest BCUT2D eigenvalue weighted by Crippen LogP contribution is -2.69. The van der Waals surface area contributed by atoms with E-state index in [0.717, 1.165) is 0 Å². The van der Waals surface area contributed by atoms with Crippen molar-refractivity contribution in [1.29, 1.82) is 0 Å². The molecule has 2 aliphatic heterocycles. The molecule has 23 heavy (non-hydrogen) atoms. The number of carbonyl (C=O) groups excluding carboxylic acids is 1. The summed E-state index contributed by atoms with van der Waals surface area (Å²) < 4.78 is 29.7. The molecule has 1 spiro atoms. The van der Waals surface area contributed by atoms with Gasteiger partial charge in [-0.05, 0) is 12.5 Å². The lowest BCUT2D eigenvalue weighted by molar-refractivity contribution is -0.141. The topological polar surface area (TPSA) is 89.5 Å². The maximum atomic E-state index is 12.5. The van der Waals surface area contributed by atoms with E-state index in [2.05, 4.69) is 9.97 Å². The lowest BCUT2D eigenvalue weighted by atomic mass is 9.83. The summed E-state index contributed by atoms with van der Waals surface area (Å²) in [5, 5.41) is 0. The SMILES string of the molecule is CC(C)C(=O)N1CC2(C1)[C@@H](COc1ncccn1)CCS2(=O)=O. The zero-order valence-electron chi connectivity index (χ0n) is 13.3. The zero-order valence-corrected chi connectivity index (χ0v) is 14.1. The van der Waals surface area contributed by atoms with E-state index in [0.29, 0.717) is 6.42 Å². The van der Waals surface area contributed by atoms with E-state index >= 15 is 0 Å². The van der Waals surface area contributed by atoms with E-state index in [1.807, 2.05) is 13.8 Å². The highest BCUT2D eigenvalue weighted by Gasteiger charge is 2.62. The molecule has 0 unspecified atom stereocenters. The standard InChI is InChI=1S/C15H21N3O4S/c1-11(2)13(19)18-9-15(10-18)12(4-7-23(15,20)21)8-22-14-16-5-3-6-17-14/h3,5-6,11-12H,4,7-10H2,1-2H3/t12-/m1/s1. The second-order valence-corrected chi connectivity index (χ2v) is 9.01. The number of rotatable bonds is 4. The van der Waals surface area contributed by atoms with Crippen LogP contribution in [0.1, 0.15) is 20.3 Å². The number of likely N-dealkylation sites (tertiary alicyclic amines) is 1. The van der Waals surface area contributed by atoms with Crippen molar-refractivity contribution in [2.45, 2.75) is 25.0 Å². The van der Waals surface area contributed by atoms with Crippen LogP contribution in [0.15, 0.2) is 18.5 Å². The van der Waals surface area contributed by atoms with Crippen LogP contribution in [0.25, 0.3) is 0 Å². The summed E-state index contributed by atoms with van der Waals surface area (Å²) >= 11 is 0. The minimum Gasteiger partial charge on any atom is -0.463 e. The molecule has 1 aromatic rings. The molecule has 1 aromatic heterocycles. The van der Waals surface area contributed by atoms with Gasteiger partial charge in [-0.15, -0.1) is 0 Å². The number of amides is 1. The molecule has 0 N–H and O–H groups in total. The number of ether oxygens (including phenoxy) is 1. The average Bonchev–Trinajstić information content (AvgIpc) is 2.74. The van der Waals surface area contributed by atoms with Crippen molar-refractivity contribution in [2.75, 3.05) is 25.4 Å². The van der Waals surface area contributed by atoms with Gasteiger partial charge in [0.2, 0.25) is 5.91 Å². The molecule has 7 nitrogen and oxygen atoms in total. The summed E-state index contributed by atoms with van der Waals surface area (Å²) in [5.41, 5.74) is 0. The van der Waals surface area contributed by atoms with Gasteiger partial charge in [0.25, 0.3) is 0 Å². The first-order valence-corrected chi connectivity index (χ1v) is 9.42. The van der Waals surface area contributed by atoms with Gasteiger partial charge in [-0.3, -0.25) is 4.79 Å². The summed E-state index contributed by atoms with van der Waals surface area (Å²) in [7, 11) is -3.21. The Bertz CT molecular complexity index is 684. The van der Waals surface area contributed by atoms with Gasteiger partial charge >= 0.3 is 6.01 Å². The van der Waals surface area contributed by atoms with Crippen molar-refractivity contribution in [2.24, 2.45) is 11.8 Å². The first kappa shape index (κ1) is 16.2. The smallest absolute Gasteiger partial charge is 0.316 e. The third kappa shape index (κ3) is 2.69. The molecule has 1 atom stereocenters. The second-order valence-electron chi connectivity index (χ2n) is 6.56. The van der Waals surface area contributed by atoms with Gasteiger partial charge in [0.1, 0.15) is 4.75 Å². The van der Waals surface area contributed by atoms with E-state index < -0.39 is 14.6 Å². The maximum absolute atomic E-state index is 12.5. The summed E-state index contributed by atoms with van der Waals surface area (Å²) in [4.78, 5) is 21.7. The molecule has 3 rings (SSSR count). The Hall–Kier alpha value is -1.70. The lowest BCUT2D eigenvalue weighted by Gasteiger charge is -2.50. The van der Waals surface area contributed by atoms with Crippen LogP contribution in [0.2, 0.25) is 0 Å². The van der Waals surface area contributed by atoms with Crippen LogP contribution in [0.4, 0.5) is 0 Å². The quantitative estimate of drug-likeness (QED) is 0.795. The Labute approximate surface area is 136 Å². The Morgan fingerprint density at radius 1 is 1.39 bits per heavy atom.